The van der Waals surface area contributed by atoms with Gasteiger partial charge in [-0.25, -0.2) is 0 Å². The van der Waals surface area contributed by atoms with Crippen LogP contribution in [0.3, 0.4) is 0 Å². The Kier molecular flexibility index (Phi) is 3.95. The second-order valence-electron chi connectivity index (χ2n) is 4.36. The summed E-state index contributed by atoms with van der Waals surface area (Å²) < 4.78 is 0. The van der Waals surface area contributed by atoms with Gasteiger partial charge < -0.3 is 0 Å². The van der Waals surface area contributed by atoms with E-state index in [0.717, 1.165) is 19.5 Å². The van der Waals surface area contributed by atoms with E-state index in [1.54, 1.807) is 0 Å². The molecule has 1 fully saturated rings. The van der Waals surface area contributed by atoms with Crippen LogP contribution in [0, 0.1) is 17.2 Å². The fourth-order valence-corrected chi connectivity index (χ4v) is 2.82. The summed E-state index contributed by atoms with van der Waals surface area (Å²) in [5.74, 6) is 0.529. The molecule has 1 rings (SSSR count). The summed E-state index contributed by atoms with van der Waals surface area (Å²) in [4.78, 5) is 2.34. The normalized spacial score (nSPS) is 32.9. The van der Waals surface area contributed by atoms with Crippen molar-refractivity contribution in [1.29, 1.82) is 5.26 Å². The third-order valence-corrected chi connectivity index (χ3v) is 3.78. The summed E-state index contributed by atoms with van der Waals surface area (Å²) in [7, 11) is 0. The van der Waals surface area contributed by atoms with E-state index in [0.29, 0.717) is 5.92 Å². The SMILES string of the molecule is CCN(CC)C1(C#N)CCCCC1C. The van der Waals surface area contributed by atoms with Gasteiger partial charge in [-0.3, -0.25) is 4.90 Å². The van der Waals surface area contributed by atoms with Crippen molar-refractivity contribution in [2.75, 3.05) is 13.1 Å². The molecule has 0 amide bonds. The van der Waals surface area contributed by atoms with Crippen LogP contribution < -0.4 is 0 Å². The minimum atomic E-state index is -0.165. The molecule has 0 heterocycles. The molecule has 80 valence electrons. The van der Waals surface area contributed by atoms with Gasteiger partial charge in [-0.05, 0) is 31.8 Å². The smallest absolute Gasteiger partial charge is 0.111 e. The largest absolute Gasteiger partial charge is 0.286 e. The number of hydrogen-bond acceptors (Lipinski definition) is 2. The summed E-state index contributed by atoms with van der Waals surface area (Å²) in [5.41, 5.74) is -0.165. The zero-order valence-corrected chi connectivity index (χ0v) is 9.71. The molecule has 0 aromatic carbocycles. The lowest BCUT2D eigenvalue weighted by atomic mass is 9.73. The second-order valence-corrected chi connectivity index (χ2v) is 4.36. The van der Waals surface area contributed by atoms with E-state index in [1.165, 1.54) is 19.3 Å². The minimum absolute atomic E-state index is 0.165. The van der Waals surface area contributed by atoms with E-state index < -0.39 is 0 Å². The molecule has 1 aliphatic rings. The molecule has 1 saturated carbocycles. The highest BCUT2D eigenvalue weighted by Gasteiger charge is 2.42. The van der Waals surface area contributed by atoms with E-state index >= 15 is 0 Å². The molecule has 0 spiro atoms. The summed E-state index contributed by atoms with van der Waals surface area (Å²) in [5, 5.41) is 9.45. The first-order chi connectivity index (χ1) is 6.71. The first-order valence-electron chi connectivity index (χ1n) is 5.87. The van der Waals surface area contributed by atoms with Gasteiger partial charge in [0.25, 0.3) is 0 Å². The van der Waals surface area contributed by atoms with Crippen LogP contribution in [0.15, 0.2) is 0 Å². The van der Waals surface area contributed by atoms with Crippen molar-refractivity contribution in [2.45, 2.75) is 52.0 Å². The first-order valence-corrected chi connectivity index (χ1v) is 5.87. The molecular weight excluding hydrogens is 172 g/mol. The Balaban J connectivity index is 2.87. The van der Waals surface area contributed by atoms with Crippen LogP contribution in [-0.2, 0) is 0 Å². The molecule has 0 aromatic rings. The van der Waals surface area contributed by atoms with Crippen LogP contribution in [0.2, 0.25) is 0 Å². The molecule has 0 N–H and O–H groups in total. The Bertz CT molecular complexity index is 215. The van der Waals surface area contributed by atoms with Crippen LogP contribution in [0.4, 0.5) is 0 Å². The maximum Gasteiger partial charge on any atom is 0.111 e. The van der Waals surface area contributed by atoms with E-state index in [4.69, 9.17) is 0 Å². The molecule has 0 aliphatic heterocycles. The van der Waals surface area contributed by atoms with Crippen molar-refractivity contribution < 1.29 is 0 Å². The summed E-state index contributed by atoms with van der Waals surface area (Å²) >= 11 is 0. The van der Waals surface area contributed by atoms with E-state index in [1.807, 2.05) is 0 Å². The third-order valence-electron chi connectivity index (χ3n) is 3.78. The van der Waals surface area contributed by atoms with Gasteiger partial charge in [0.15, 0.2) is 0 Å². The fraction of sp³-hybridized carbons (Fsp3) is 0.917. The Labute approximate surface area is 87.9 Å². The molecule has 0 saturated heterocycles. The van der Waals surface area contributed by atoms with Crippen LogP contribution in [0.5, 0.6) is 0 Å². The van der Waals surface area contributed by atoms with Crippen LogP contribution in [0.1, 0.15) is 46.5 Å². The van der Waals surface area contributed by atoms with Crippen molar-refractivity contribution in [1.82, 2.24) is 4.90 Å². The highest BCUT2D eigenvalue weighted by atomic mass is 15.2. The van der Waals surface area contributed by atoms with Gasteiger partial charge in [-0.15, -0.1) is 0 Å². The lowest BCUT2D eigenvalue weighted by Gasteiger charge is -2.44. The highest BCUT2D eigenvalue weighted by molar-refractivity contribution is 5.12. The average molecular weight is 194 g/mol. The summed E-state index contributed by atoms with van der Waals surface area (Å²) in [6, 6.07) is 2.60. The molecule has 0 radical (unpaired) electrons. The zero-order valence-electron chi connectivity index (χ0n) is 9.71. The molecule has 2 unspecified atom stereocenters. The van der Waals surface area contributed by atoms with Gasteiger partial charge in [0.05, 0.1) is 6.07 Å². The second kappa shape index (κ2) is 4.79. The number of rotatable bonds is 3. The Morgan fingerprint density at radius 1 is 1.36 bits per heavy atom. The number of nitrogens with zero attached hydrogens (tertiary/aromatic N) is 2. The van der Waals surface area contributed by atoms with Gasteiger partial charge in [0.2, 0.25) is 0 Å². The summed E-state index contributed by atoms with van der Waals surface area (Å²) in [6.07, 6.45) is 4.79. The van der Waals surface area contributed by atoms with Gasteiger partial charge in [0.1, 0.15) is 5.54 Å². The first kappa shape index (κ1) is 11.5. The maximum atomic E-state index is 9.45. The van der Waals surface area contributed by atoms with E-state index in [2.05, 4.69) is 31.7 Å². The average Bonchev–Trinajstić information content (AvgIpc) is 2.22. The Morgan fingerprint density at radius 3 is 2.43 bits per heavy atom. The number of hydrogen-bond donors (Lipinski definition) is 0. The van der Waals surface area contributed by atoms with Crippen molar-refractivity contribution in [3.8, 4) is 6.07 Å². The standard InChI is InChI=1S/C12H22N2/c1-4-14(5-2)12(10-13)9-7-6-8-11(12)3/h11H,4-9H2,1-3H3. The monoisotopic (exact) mass is 194 g/mol. The quantitative estimate of drug-likeness (QED) is 0.690. The topological polar surface area (TPSA) is 27.0 Å². The van der Waals surface area contributed by atoms with Crippen molar-refractivity contribution in [3.05, 3.63) is 0 Å². The van der Waals surface area contributed by atoms with Crippen molar-refractivity contribution in [2.24, 2.45) is 5.92 Å². The minimum Gasteiger partial charge on any atom is -0.286 e. The van der Waals surface area contributed by atoms with Crippen LogP contribution in [0.25, 0.3) is 0 Å². The highest BCUT2D eigenvalue weighted by Crippen LogP contribution is 2.37. The van der Waals surface area contributed by atoms with Gasteiger partial charge in [-0.2, -0.15) is 5.26 Å². The molecule has 14 heavy (non-hydrogen) atoms. The molecular formula is C12H22N2. The molecule has 2 nitrogen and oxygen atoms in total. The maximum absolute atomic E-state index is 9.45. The van der Waals surface area contributed by atoms with Crippen molar-refractivity contribution in [3.63, 3.8) is 0 Å². The molecule has 0 aromatic heterocycles. The van der Waals surface area contributed by atoms with Crippen LogP contribution >= 0.6 is 0 Å². The van der Waals surface area contributed by atoms with E-state index in [-0.39, 0.29) is 5.54 Å². The number of nitriles is 1. The lowest BCUT2D eigenvalue weighted by Crippen LogP contribution is -2.53. The predicted octanol–water partition coefficient (Wildman–Crippen LogP) is 2.80. The summed E-state index contributed by atoms with van der Waals surface area (Å²) in [6.45, 7) is 8.54. The molecule has 2 heteroatoms. The van der Waals surface area contributed by atoms with Crippen LogP contribution in [-0.4, -0.2) is 23.5 Å². The predicted molar refractivity (Wildman–Crippen MR) is 58.9 cm³/mol. The Hall–Kier alpha value is -0.550. The fourth-order valence-electron chi connectivity index (χ4n) is 2.82. The molecule has 2 atom stereocenters. The van der Waals surface area contributed by atoms with E-state index in [9.17, 15) is 5.26 Å². The third kappa shape index (κ3) is 1.79. The molecule has 0 bridgehead atoms. The lowest BCUT2D eigenvalue weighted by molar-refractivity contribution is 0.0620. The van der Waals surface area contributed by atoms with Gasteiger partial charge in [0, 0.05) is 0 Å². The zero-order chi connectivity index (χ0) is 10.6. The van der Waals surface area contributed by atoms with Gasteiger partial charge in [-0.1, -0.05) is 33.6 Å². The Morgan fingerprint density at radius 2 is 2.00 bits per heavy atom. The van der Waals surface area contributed by atoms with Crippen molar-refractivity contribution >= 4 is 0 Å². The van der Waals surface area contributed by atoms with Gasteiger partial charge >= 0.3 is 0 Å². The molecule has 1 aliphatic carbocycles.